The fraction of sp³-hybridized carbons (Fsp3) is 0.667. The molecule has 86 heavy (non-hydrogen) atoms. The summed E-state index contributed by atoms with van der Waals surface area (Å²) in [5.41, 5.74) is -0.789. The summed E-state index contributed by atoms with van der Waals surface area (Å²) >= 11 is 2.93. The number of hydrogen-bond acceptors (Lipinski definition) is 16. The van der Waals surface area contributed by atoms with Gasteiger partial charge in [-0.3, -0.25) is 47.9 Å². The standard InChI is InChI=1S/C57H85N13O14S2/c1-30-48(76)63-37-24-35-34-15-9-10-16-36(34)66-54(35)86-28-40(55(82)70-26-33(72)23-41(70)52(80)62-30)65-53(81)46(32(3)71)68-49(77)31(2)61-51(79)38(64-50(37)78)25-57(4,84)29-60-45(75)19-8-6-14-21-58-43(73)18-7-5-13-22-59-44(74)20-12-11-17-42-47-39(27-85-42)67-56(83)69-47/h9-10,15-16,30-33,37-42,46-47,66,71-72,84H,5-8,11-14,17-29H2,1-4H3,(H,58,73)(H,59,74)(H,60,75)(H,61,79)(H,62,80)(H,63,76)(H,64,78)(H,65,81)(H,68,77)(H2,67,69,83)/t30-,31-,32-,33-,37-,38-,39-,40-,41-,42-,46+,47-,57+/m0/s1. The summed E-state index contributed by atoms with van der Waals surface area (Å²) in [5, 5.41) is 64.8. The van der Waals surface area contributed by atoms with Crippen molar-refractivity contribution in [3.8, 4) is 0 Å². The van der Waals surface area contributed by atoms with Crippen molar-refractivity contribution in [1.82, 2.24) is 68.4 Å². The molecule has 29 heteroatoms. The van der Waals surface area contributed by atoms with Crippen LogP contribution in [0.2, 0.25) is 0 Å². The van der Waals surface area contributed by atoms with Gasteiger partial charge in [-0.25, -0.2) is 4.79 Å². The lowest BCUT2D eigenvalue weighted by Gasteiger charge is -2.31. The van der Waals surface area contributed by atoms with Crippen LogP contribution in [0.5, 0.6) is 0 Å². The van der Waals surface area contributed by atoms with Gasteiger partial charge in [-0.15, -0.1) is 11.8 Å². The Hall–Kier alpha value is -6.69. The summed E-state index contributed by atoms with van der Waals surface area (Å²) in [6.07, 6.45) is 3.71. The first kappa shape index (κ1) is 66.8. The van der Waals surface area contributed by atoms with Crippen molar-refractivity contribution in [2.24, 2.45) is 0 Å². The van der Waals surface area contributed by atoms with E-state index in [1.807, 2.05) is 11.8 Å². The SMILES string of the molecule is C[C@@H]1NC(=O)[C@H](C[C@@](C)(O)CNC(=O)CCCCCNC(=O)CCCCCNC(=O)CCCC[C@@H]2SC[C@@H]3NC(=O)N[C@@H]32)NC(=O)[C@@H]2Cc3c([nH]c4ccccc34)SC[C@H](NC(=O)[C@@H]([C@H](C)O)NC1=O)C(=O)N1C[C@@H](O)C[C@H]1C(=O)N[C@@H](C)C(=O)N2. The number of carbonyl (C=O) groups excluding carboxylic acids is 11. The van der Waals surface area contributed by atoms with Gasteiger partial charge in [0.05, 0.1) is 34.9 Å². The molecule has 7 rings (SSSR count). The number of benzene rings is 1. The summed E-state index contributed by atoms with van der Waals surface area (Å²) in [6.45, 7) is 5.47. The quantitative estimate of drug-likeness (QED) is 0.0469. The normalized spacial score (nSPS) is 27.7. The first-order valence-electron chi connectivity index (χ1n) is 29.9. The van der Waals surface area contributed by atoms with E-state index in [1.165, 1.54) is 27.7 Å². The molecule has 27 nitrogen and oxygen atoms in total. The number of amides is 12. The Morgan fingerprint density at radius 2 is 1.31 bits per heavy atom. The molecular weight excluding hydrogens is 1150 g/mol. The second-order valence-corrected chi connectivity index (χ2v) is 25.7. The van der Waals surface area contributed by atoms with E-state index in [0.29, 0.717) is 78.4 Å². The molecule has 6 heterocycles. The lowest BCUT2D eigenvalue weighted by atomic mass is 9.95. The van der Waals surface area contributed by atoms with E-state index in [1.54, 1.807) is 24.3 Å². The van der Waals surface area contributed by atoms with Crippen molar-refractivity contribution in [3.05, 3.63) is 29.8 Å². The maximum Gasteiger partial charge on any atom is 0.315 e. The van der Waals surface area contributed by atoms with Crippen molar-refractivity contribution >= 4 is 99.5 Å². The number of rotatable bonds is 22. The number of hydrogen-bond donors (Lipinski definition) is 15. The van der Waals surface area contributed by atoms with Crippen LogP contribution in [-0.2, 0) is 54.4 Å². The van der Waals surface area contributed by atoms with Crippen LogP contribution in [0.1, 0.15) is 123 Å². The van der Waals surface area contributed by atoms with Crippen LogP contribution in [-0.4, -0.2) is 205 Å². The monoisotopic (exact) mass is 1240 g/mol. The van der Waals surface area contributed by atoms with Crippen LogP contribution >= 0.6 is 23.5 Å². The predicted molar refractivity (Wildman–Crippen MR) is 319 cm³/mol. The molecule has 12 amide bonds. The third-order valence-electron chi connectivity index (χ3n) is 16.1. The van der Waals surface area contributed by atoms with Gasteiger partial charge >= 0.3 is 6.03 Å². The minimum Gasteiger partial charge on any atom is -0.391 e. The van der Waals surface area contributed by atoms with Gasteiger partial charge in [-0.05, 0) is 77.8 Å². The Labute approximate surface area is 507 Å². The van der Waals surface area contributed by atoms with Crippen LogP contribution in [0, 0.1) is 0 Å². The zero-order chi connectivity index (χ0) is 62.2. The third kappa shape index (κ3) is 18.9. The van der Waals surface area contributed by atoms with Crippen LogP contribution in [0.25, 0.3) is 10.9 Å². The summed E-state index contributed by atoms with van der Waals surface area (Å²) < 4.78 is 0. The third-order valence-corrected chi connectivity index (χ3v) is 18.7. The molecule has 3 saturated heterocycles. The molecule has 0 spiro atoms. The van der Waals surface area contributed by atoms with Crippen LogP contribution in [0.3, 0.4) is 0 Å². The van der Waals surface area contributed by atoms with Gasteiger partial charge in [0, 0.05) is 92.4 Å². The number of unbranched alkanes of at least 4 members (excludes halogenated alkanes) is 5. The Bertz CT molecular complexity index is 2800. The first-order chi connectivity index (χ1) is 41.0. The number of aromatic nitrogens is 1. The molecule has 5 aliphatic heterocycles. The number of aromatic amines is 1. The van der Waals surface area contributed by atoms with Gasteiger partial charge in [0.25, 0.3) is 0 Å². The van der Waals surface area contributed by atoms with E-state index in [4.69, 9.17) is 0 Å². The van der Waals surface area contributed by atoms with Gasteiger partial charge in [0.2, 0.25) is 59.1 Å². The molecular formula is C57H85N13O14S2. The molecule has 0 saturated carbocycles. The maximum atomic E-state index is 14.8. The number of para-hydroxylation sites is 1. The molecule has 474 valence electrons. The van der Waals surface area contributed by atoms with E-state index >= 15 is 0 Å². The zero-order valence-corrected chi connectivity index (χ0v) is 50.8. The summed E-state index contributed by atoms with van der Waals surface area (Å²) in [6, 6.07) is -3.00. The van der Waals surface area contributed by atoms with E-state index in [9.17, 15) is 68.1 Å². The van der Waals surface area contributed by atoms with Crippen LogP contribution in [0.4, 0.5) is 4.79 Å². The Morgan fingerprint density at radius 3 is 1.99 bits per heavy atom. The highest BCUT2D eigenvalue weighted by Gasteiger charge is 2.45. The second-order valence-electron chi connectivity index (χ2n) is 23.4. The van der Waals surface area contributed by atoms with Gasteiger partial charge in [-0.2, -0.15) is 11.8 Å². The molecule has 0 aliphatic carbocycles. The topological polar surface area (TPSA) is 400 Å². The highest BCUT2D eigenvalue weighted by atomic mass is 32.2. The number of thioether (sulfide) groups is 2. The molecule has 15 N–H and O–H groups in total. The number of carbonyl (C=O) groups is 11. The molecule has 2 aromatic rings. The second kappa shape index (κ2) is 31.3. The Morgan fingerprint density at radius 1 is 0.698 bits per heavy atom. The number of aliphatic hydroxyl groups excluding tert-OH is 2. The van der Waals surface area contributed by atoms with E-state index < -0.39 is 114 Å². The number of nitrogens with one attached hydrogen (secondary N) is 12. The minimum absolute atomic E-state index is 0.0110. The van der Waals surface area contributed by atoms with Gasteiger partial charge < -0.3 is 83.7 Å². The molecule has 0 unspecified atom stereocenters. The molecule has 0 radical (unpaired) electrons. The fourth-order valence-corrected chi connectivity index (χ4v) is 13.9. The molecule has 1 aromatic carbocycles. The molecule has 1 aromatic heterocycles. The van der Waals surface area contributed by atoms with E-state index in [2.05, 4.69) is 63.5 Å². The number of urea groups is 1. The summed E-state index contributed by atoms with van der Waals surface area (Å²) in [4.78, 5) is 153. The first-order valence-corrected chi connectivity index (χ1v) is 31.9. The lowest BCUT2D eigenvalue weighted by molar-refractivity contribution is -0.142. The van der Waals surface area contributed by atoms with Crippen molar-refractivity contribution in [2.75, 3.05) is 37.7 Å². The van der Waals surface area contributed by atoms with Gasteiger partial charge in [0.1, 0.15) is 42.3 Å². The number of aliphatic hydroxyl groups is 3. The fourth-order valence-electron chi connectivity index (χ4n) is 11.2. The minimum atomic E-state index is -1.89. The number of nitrogens with zero attached hydrogens (tertiary/aromatic N) is 1. The molecule has 5 aliphatic rings. The van der Waals surface area contributed by atoms with Crippen molar-refractivity contribution in [1.29, 1.82) is 0 Å². The van der Waals surface area contributed by atoms with Gasteiger partial charge in [-0.1, -0.05) is 37.5 Å². The average Bonchev–Trinajstić information content (AvgIpc) is 1.95. The van der Waals surface area contributed by atoms with Crippen molar-refractivity contribution in [3.63, 3.8) is 0 Å². The largest absolute Gasteiger partial charge is 0.391 e. The van der Waals surface area contributed by atoms with E-state index in [0.717, 1.165) is 54.5 Å². The molecule has 3 fully saturated rings. The maximum absolute atomic E-state index is 14.8. The summed E-state index contributed by atoms with van der Waals surface area (Å²) in [5.74, 6) is -6.04. The highest BCUT2D eigenvalue weighted by molar-refractivity contribution is 8.00. The van der Waals surface area contributed by atoms with Crippen molar-refractivity contribution in [2.45, 2.75) is 206 Å². The number of H-pyrrole nitrogens is 1. The Balaban J connectivity index is 0.922. The van der Waals surface area contributed by atoms with Crippen LogP contribution in [0.15, 0.2) is 29.3 Å². The Kier molecular flexibility index (Phi) is 24.3. The average molecular weight is 1240 g/mol. The molecule has 2 bridgehead atoms. The highest BCUT2D eigenvalue weighted by Crippen LogP contribution is 2.34. The zero-order valence-electron chi connectivity index (χ0n) is 49.2. The molecule has 13 atom stereocenters. The smallest absolute Gasteiger partial charge is 0.315 e. The van der Waals surface area contributed by atoms with Crippen molar-refractivity contribution < 1.29 is 68.1 Å². The van der Waals surface area contributed by atoms with Gasteiger partial charge in [0.15, 0.2) is 0 Å². The predicted octanol–water partition coefficient (Wildman–Crippen LogP) is -1.54. The lowest BCUT2D eigenvalue weighted by Crippen LogP contribution is -2.62. The number of fused-ring (bicyclic) bond motifs is 6. The van der Waals surface area contributed by atoms with E-state index in [-0.39, 0.29) is 68.0 Å². The summed E-state index contributed by atoms with van der Waals surface area (Å²) in [7, 11) is 0. The van der Waals surface area contributed by atoms with Crippen LogP contribution < -0.4 is 58.5 Å².